The second-order valence-electron chi connectivity index (χ2n) is 11.1. The van der Waals surface area contributed by atoms with Crippen LogP contribution in [0.15, 0.2) is 66.5 Å². The van der Waals surface area contributed by atoms with E-state index in [0.29, 0.717) is 28.9 Å². The molecule has 5 rings (SSSR count). The smallest absolute Gasteiger partial charge is 0.166 e. The van der Waals surface area contributed by atoms with Crippen molar-refractivity contribution in [2.45, 2.75) is 46.5 Å². The molecule has 1 aliphatic carbocycles. The average Bonchev–Trinajstić information content (AvgIpc) is 3.37. The Balaban J connectivity index is 1.30. The number of carbonyl (C=O) groups is 1. The van der Waals surface area contributed by atoms with Crippen molar-refractivity contribution in [3.05, 3.63) is 72.1 Å². The Morgan fingerprint density at radius 2 is 2.00 bits per heavy atom. The number of benzene rings is 1. The number of piperazine rings is 1. The first-order valence-corrected chi connectivity index (χ1v) is 13.4. The zero-order valence-corrected chi connectivity index (χ0v) is 22.3. The highest BCUT2D eigenvalue weighted by molar-refractivity contribution is 5.99. The van der Waals surface area contributed by atoms with E-state index >= 15 is 0 Å². The fraction of sp³-hybridized carbons (Fsp3) is 0.419. The lowest BCUT2D eigenvalue weighted by molar-refractivity contribution is 0.0986. The number of H-pyrrole nitrogens is 1. The van der Waals surface area contributed by atoms with Gasteiger partial charge in [-0.05, 0) is 54.5 Å². The van der Waals surface area contributed by atoms with Crippen LogP contribution >= 0.6 is 0 Å². The first-order chi connectivity index (χ1) is 17.8. The molecular formula is C31H38N4O2. The second-order valence-corrected chi connectivity index (χ2v) is 11.1. The number of hydrogen-bond acceptors (Lipinski definition) is 5. The molecule has 2 aromatic heterocycles. The summed E-state index contributed by atoms with van der Waals surface area (Å²) in [5.41, 5.74) is 5.90. The van der Waals surface area contributed by atoms with Crippen molar-refractivity contribution >= 4 is 22.5 Å². The maximum Gasteiger partial charge on any atom is 0.166 e. The van der Waals surface area contributed by atoms with Gasteiger partial charge in [-0.2, -0.15) is 0 Å². The summed E-state index contributed by atoms with van der Waals surface area (Å²) in [6, 6.07) is 9.90. The van der Waals surface area contributed by atoms with Gasteiger partial charge in [0.05, 0.1) is 11.8 Å². The molecule has 0 atom stereocenters. The van der Waals surface area contributed by atoms with Crippen molar-refractivity contribution in [2.24, 2.45) is 5.41 Å². The van der Waals surface area contributed by atoms with Crippen LogP contribution in [0.2, 0.25) is 0 Å². The van der Waals surface area contributed by atoms with Crippen LogP contribution in [0.25, 0.3) is 11.0 Å². The van der Waals surface area contributed by atoms with Crippen molar-refractivity contribution in [1.29, 1.82) is 0 Å². The number of anilines is 1. The number of aromatic nitrogens is 2. The molecule has 3 aromatic rings. The van der Waals surface area contributed by atoms with E-state index in [2.05, 4.69) is 52.3 Å². The van der Waals surface area contributed by atoms with Crippen LogP contribution in [-0.4, -0.2) is 53.4 Å². The minimum atomic E-state index is 0.0732. The van der Waals surface area contributed by atoms with Crippen LogP contribution in [0.1, 0.15) is 56.8 Å². The van der Waals surface area contributed by atoms with Crippen LogP contribution in [0.3, 0.4) is 0 Å². The summed E-state index contributed by atoms with van der Waals surface area (Å²) in [4.78, 5) is 25.2. The largest absolute Gasteiger partial charge is 0.455 e. The number of rotatable bonds is 8. The topological polar surface area (TPSA) is 61.5 Å². The van der Waals surface area contributed by atoms with Crippen LogP contribution < -0.4 is 9.64 Å². The van der Waals surface area contributed by atoms with Crippen molar-refractivity contribution in [3.63, 3.8) is 0 Å². The van der Waals surface area contributed by atoms with E-state index < -0.39 is 0 Å². The molecule has 1 N–H and O–H groups in total. The predicted molar refractivity (Wildman–Crippen MR) is 151 cm³/mol. The fourth-order valence-electron chi connectivity index (χ4n) is 5.53. The number of ketones is 1. The van der Waals surface area contributed by atoms with Gasteiger partial charge in [0.25, 0.3) is 0 Å². The van der Waals surface area contributed by atoms with Crippen LogP contribution in [0.5, 0.6) is 11.5 Å². The maximum atomic E-state index is 12.7. The van der Waals surface area contributed by atoms with Gasteiger partial charge in [-0.3, -0.25) is 9.69 Å². The minimum Gasteiger partial charge on any atom is -0.455 e. The van der Waals surface area contributed by atoms with Gasteiger partial charge in [0.2, 0.25) is 0 Å². The highest BCUT2D eigenvalue weighted by Gasteiger charge is 2.27. The number of nitrogens with zero attached hydrogens (tertiary/aromatic N) is 3. The number of carbonyl (C=O) groups excluding carboxylic acids is 1. The van der Waals surface area contributed by atoms with Gasteiger partial charge < -0.3 is 14.6 Å². The quantitative estimate of drug-likeness (QED) is 0.348. The minimum absolute atomic E-state index is 0.0732. The number of Topliss-reactive ketones (excluding diaryl/α,β-unsaturated/α-hetero) is 1. The van der Waals surface area contributed by atoms with Gasteiger partial charge in [-0.15, -0.1) is 0 Å². The van der Waals surface area contributed by atoms with E-state index in [9.17, 15) is 4.79 Å². The molecule has 1 aliphatic heterocycles. The zero-order valence-electron chi connectivity index (χ0n) is 22.3. The van der Waals surface area contributed by atoms with E-state index in [0.717, 1.165) is 55.9 Å². The number of fused-ring (bicyclic) bond motifs is 1. The van der Waals surface area contributed by atoms with Gasteiger partial charge in [-0.25, -0.2) is 4.98 Å². The third-order valence-electron chi connectivity index (χ3n) is 7.81. The van der Waals surface area contributed by atoms with Gasteiger partial charge in [0.1, 0.15) is 17.1 Å². The molecule has 1 aromatic carbocycles. The number of ether oxygens (including phenoxy) is 1. The number of allylic oxidation sites excluding steroid dienone is 2. The third-order valence-corrected chi connectivity index (χ3v) is 7.81. The van der Waals surface area contributed by atoms with E-state index in [4.69, 9.17) is 4.74 Å². The van der Waals surface area contributed by atoms with Gasteiger partial charge >= 0.3 is 0 Å². The molecule has 2 aliphatic rings. The molecule has 3 heterocycles. The molecule has 194 valence electrons. The Morgan fingerprint density at radius 3 is 2.76 bits per heavy atom. The molecule has 6 nitrogen and oxygen atoms in total. The standard InChI is InChI=1S/C31H38N4O2/c1-5-22-19-31(3,4)11-9-24(22)21-34-13-15-35(16-14-34)25-7-8-27(28(36)6-2)29(18-25)37-26-17-23-10-12-32-30(23)33-20-26/h5,7-8,10,12,17-18,20H,1,6,9,11,13-16,19,21H2,2-4H3,(H,32,33). The Bertz CT molecular complexity index is 1330. The molecule has 1 saturated heterocycles. The first kappa shape index (κ1) is 25.3. The van der Waals surface area contributed by atoms with E-state index in [1.54, 1.807) is 11.8 Å². The van der Waals surface area contributed by atoms with E-state index in [1.165, 1.54) is 18.4 Å². The van der Waals surface area contributed by atoms with E-state index in [-0.39, 0.29) is 5.78 Å². The van der Waals surface area contributed by atoms with Crippen molar-refractivity contribution < 1.29 is 9.53 Å². The average molecular weight is 499 g/mol. The Hall–Kier alpha value is -3.38. The lowest BCUT2D eigenvalue weighted by Crippen LogP contribution is -2.47. The molecule has 0 saturated carbocycles. The highest BCUT2D eigenvalue weighted by atomic mass is 16.5. The Kier molecular flexibility index (Phi) is 7.20. The molecule has 0 spiro atoms. The number of nitrogens with one attached hydrogen (secondary N) is 1. The number of hydrogen-bond donors (Lipinski definition) is 1. The summed E-state index contributed by atoms with van der Waals surface area (Å²) in [5.74, 6) is 1.29. The number of aromatic amines is 1. The van der Waals surface area contributed by atoms with Crippen LogP contribution in [0.4, 0.5) is 5.69 Å². The van der Waals surface area contributed by atoms with Crippen molar-refractivity contribution in [2.75, 3.05) is 37.6 Å². The molecular weight excluding hydrogens is 460 g/mol. The predicted octanol–water partition coefficient (Wildman–Crippen LogP) is 6.76. The van der Waals surface area contributed by atoms with E-state index in [1.807, 2.05) is 37.4 Å². The lowest BCUT2D eigenvalue weighted by Gasteiger charge is -2.39. The molecule has 0 amide bonds. The fourth-order valence-corrected chi connectivity index (χ4v) is 5.53. The summed E-state index contributed by atoms with van der Waals surface area (Å²) in [5, 5.41) is 0.976. The number of pyridine rings is 1. The van der Waals surface area contributed by atoms with Crippen LogP contribution in [0, 0.1) is 5.41 Å². The van der Waals surface area contributed by atoms with Crippen LogP contribution in [-0.2, 0) is 0 Å². The zero-order chi connectivity index (χ0) is 26.0. The molecule has 0 bridgehead atoms. The van der Waals surface area contributed by atoms with Gasteiger partial charge in [0.15, 0.2) is 5.78 Å². The summed E-state index contributed by atoms with van der Waals surface area (Å²) < 4.78 is 6.25. The normalized spacial score (nSPS) is 18.3. The summed E-state index contributed by atoms with van der Waals surface area (Å²) in [7, 11) is 0. The summed E-state index contributed by atoms with van der Waals surface area (Å²) in [6.07, 6.45) is 9.62. The monoisotopic (exact) mass is 498 g/mol. The van der Waals surface area contributed by atoms with Gasteiger partial charge in [-0.1, -0.05) is 39.0 Å². The van der Waals surface area contributed by atoms with Crippen molar-refractivity contribution in [1.82, 2.24) is 14.9 Å². The SMILES string of the molecule is C=CC1=C(CN2CCN(c3ccc(C(=O)CC)c(Oc4cnc5[nH]ccc5c4)c3)CC2)CCC(C)(C)C1. The van der Waals surface area contributed by atoms with Crippen molar-refractivity contribution in [3.8, 4) is 11.5 Å². The molecule has 6 heteroatoms. The maximum absolute atomic E-state index is 12.7. The molecule has 0 radical (unpaired) electrons. The first-order valence-electron chi connectivity index (χ1n) is 13.4. The Labute approximate surface area is 220 Å². The lowest BCUT2D eigenvalue weighted by atomic mass is 9.74. The third kappa shape index (κ3) is 5.64. The molecule has 37 heavy (non-hydrogen) atoms. The molecule has 0 unspecified atom stereocenters. The Morgan fingerprint density at radius 1 is 1.19 bits per heavy atom. The molecule has 1 fully saturated rings. The summed E-state index contributed by atoms with van der Waals surface area (Å²) >= 11 is 0. The van der Waals surface area contributed by atoms with Gasteiger partial charge in [0, 0.05) is 62.5 Å². The highest BCUT2D eigenvalue weighted by Crippen LogP contribution is 2.39. The summed E-state index contributed by atoms with van der Waals surface area (Å²) in [6.45, 7) is 15.6. The second kappa shape index (κ2) is 10.5.